The van der Waals surface area contributed by atoms with Gasteiger partial charge in [0.05, 0.1) is 17.8 Å². The molecule has 0 saturated heterocycles. The van der Waals surface area contributed by atoms with E-state index in [-0.39, 0.29) is 5.56 Å². The van der Waals surface area contributed by atoms with E-state index in [1.165, 1.54) is 18.2 Å². The summed E-state index contributed by atoms with van der Waals surface area (Å²) in [4.78, 5) is 19.2. The van der Waals surface area contributed by atoms with E-state index in [1.54, 1.807) is 19.2 Å². The van der Waals surface area contributed by atoms with Gasteiger partial charge in [-0.15, -0.1) is 0 Å². The second-order valence-corrected chi connectivity index (χ2v) is 4.01. The first kappa shape index (κ1) is 12.9. The van der Waals surface area contributed by atoms with Crippen molar-refractivity contribution in [2.45, 2.75) is 13.5 Å². The first-order valence-corrected chi connectivity index (χ1v) is 5.68. The fraction of sp³-hybridized carbons (Fsp3) is 0.154. The van der Waals surface area contributed by atoms with Gasteiger partial charge in [-0.3, -0.25) is 4.79 Å². The van der Waals surface area contributed by atoms with Crippen molar-refractivity contribution in [1.29, 1.82) is 0 Å². The number of hydrogen-bond acceptors (Lipinski definition) is 4. The SMILES string of the molecule is Cc1nccc(CNc2ccc(F)c(C(N)=O)c2)n1. The Balaban J connectivity index is 2.12. The molecule has 98 valence electrons. The molecule has 19 heavy (non-hydrogen) atoms. The van der Waals surface area contributed by atoms with Crippen LogP contribution >= 0.6 is 0 Å². The van der Waals surface area contributed by atoms with Crippen molar-refractivity contribution >= 4 is 11.6 Å². The molecule has 1 aromatic heterocycles. The van der Waals surface area contributed by atoms with Crippen LogP contribution in [0, 0.1) is 12.7 Å². The predicted octanol–water partition coefficient (Wildman–Crippen LogP) is 1.64. The molecule has 2 aromatic rings. The average molecular weight is 260 g/mol. The van der Waals surface area contributed by atoms with Crippen LogP contribution in [0.4, 0.5) is 10.1 Å². The number of rotatable bonds is 4. The summed E-state index contributed by atoms with van der Waals surface area (Å²) in [5.41, 5.74) is 6.35. The molecule has 5 nitrogen and oxygen atoms in total. The zero-order valence-electron chi connectivity index (χ0n) is 10.4. The van der Waals surface area contributed by atoms with Crippen molar-refractivity contribution in [1.82, 2.24) is 9.97 Å². The van der Waals surface area contributed by atoms with Gasteiger partial charge in [-0.25, -0.2) is 14.4 Å². The third-order valence-corrected chi connectivity index (χ3v) is 2.54. The maximum absolute atomic E-state index is 13.3. The minimum atomic E-state index is -0.793. The van der Waals surface area contributed by atoms with E-state index >= 15 is 0 Å². The van der Waals surface area contributed by atoms with Crippen LogP contribution in [0.25, 0.3) is 0 Å². The third kappa shape index (κ3) is 3.25. The van der Waals surface area contributed by atoms with Gasteiger partial charge < -0.3 is 11.1 Å². The van der Waals surface area contributed by atoms with Crippen LogP contribution < -0.4 is 11.1 Å². The normalized spacial score (nSPS) is 10.2. The smallest absolute Gasteiger partial charge is 0.251 e. The zero-order chi connectivity index (χ0) is 13.8. The standard InChI is InChI=1S/C13H13FN4O/c1-8-16-5-4-10(18-8)7-17-9-2-3-12(14)11(6-9)13(15)19/h2-6,17H,7H2,1H3,(H2,15,19). The van der Waals surface area contributed by atoms with Crippen molar-refractivity contribution in [3.05, 3.63) is 53.4 Å². The number of benzene rings is 1. The lowest BCUT2D eigenvalue weighted by Gasteiger charge is -2.08. The summed E-state index contributed by atoms with van der Waals surface area (Å²) in [5, 5.41) is 3.05. The lowest BCUT2D eigenvalue weighted by molar-refractivity contribution is 0.0996. The molecule has 6 heteroatoms. The number of nitrogens with one attached hydrogen (secondary N) is 1. The number of carbonyl (C=O) groups is 1. The molecular weight excluding hydrogens is 247 g/mol. The van der Waals surface area contributed by atoms with Crippen LogP contribution in [-0.4, -0.2) is 15.9 Å². The lowest BCUT2D eigenvalue weighted by atomic mass is 10.1. The predicted molar refractivity (Wildman–Crippen MR) is 69.0 cm³/mol. The third-order valence-electron chi connectivity index (χ3n) is 2.54. The molecule has 0 spiro atoms. The number of amides is 1. The first-order valence-electron chi connectivity index (χ1n) is 5.68. The number of nitrogens with two attached hydrogens (primary N) is 1. The Morgan fingerprint density at radius 2 is 2.21 bits per heavy atom. The molecule has 0 bridgehead atoms. The van der Waals surface area contributed by atoms with Crippen LogP contribution in [0.15, 0.2) is 30.5 Å². The highest BCUT2D eigenvalue weighted by atomic mass is 19.1. The molecule has 0 saturated carbocycles. The first-order chi connectivity index (χ1) is 9.06. The number of aryl methyl sites for hydroxylation is 1. The van der Waals surface area contributed by atoms with E-state index in [2.05, 4.69) is 15.3 Å². The maximum Gasteiger partial charge on any atom is 0.251 e. The molecule has 1 amide bonds. The van der Waals surface area contributed by atoms with E-state index in [1.807, 2.05) is 0 Å². The van der Waals surface area contributed by atoms with Gasteiger partial charge in [0.15, 0.2) is 0 Å². The molecule has 0 unspecified atom stereocenters. The highest BCUT2D eigenvalue weighted by Crippen LogP contribution is 2.15. The van der Waals surface area contributed by atoms with Gasteiger partial charge in [-0.05, 0) is 31.2 Å². The van der Waals surface area contributed by atoms with Gasteiger partial charge in [-0.1, -0.05) is 0 Å². The van der Waals surface area contributed by atoms with Crippen molar-refractivity contribution < 1.29 is 9.18 Å². The molecule has 0 aliphatic heterocycles. The van der Waals surface area contributed by atoms with Gasteiger partial charge in [0.25, 0.3) is 5.91 Å². The monoisotopic (exact) mass is 260 g/mol. The quantitative estimate of drug-likeness (QED) is 0.875. The molecule has 0 aliphatic carbocycles. The second kappa shape index (κ2) is 5.43. The minimum Gasteiger partial charge on any atom is -0.379 e. The topological polar surface area (TPSA) is 80.9 Å². The van der Waals surface area contributed by atoms with Crippen molar-refractivity contribution in [2.75, 3.05) is 5.32 Å². The molecule has 0 fully saturated rings. The number of hydrogen-bond donors (Lipinski definition) is 2. The van der Waals surface area contributed by atoms with Crippen LogP contribution in [0.5, 0.6) is 0 Å². The summed E-state index contributed by atoms with van der Waals surface area (Å²) in [6.07, 6.45) is 1.67. The van der Waals surface area contributed by atoms with Gasteiger partial charge in [0.2, 0.25) is 0 Å². The number of nitrogens with zero attached hydrogens (tertiary/aromatic N) is 2. The number of primary amides is 1. The molecular formula is C13H13FN4O. The van der Waals surface area contributed by atoms with Gasteiger partial charge >= 0.3 is 0 Å². The number of halogens is 1. The van der Waals surface area contributed by atoms with Crippen molar-refractivity contribution in [3.8, 4) is 0 Å². The van der Waals surface area contributed by atoms with Crippen LogP contribution in [0.1, 0.15) is 21.9 Å². The van der Waals surface area contributed by atoms with Crippen LogP contribution in [0.2, 0.25) is 0 Å². The van der Waals surface area contributed by atoms with Crippen LogP contribution in [0.3, 0.4) is 0 Å². The maximum atomic E-state index is 13.3. The van der Waals surface area contributed by atoms with Gasteiger partial charge in [0.1, 0.15) is 11.6 Å². The molecule has 1 heterocycles. The van der Waals surface area contributed by atoms with Crippen molar-refractivity contribution in [2.24, 2.45) is 5.73 Å². The summed E-state index contributed by atoms with van der Waals surface area (Å²) >= 11 is 0. The number of carbonyl (C=O) groups excluding carboxylic acids is 1. The Labute approximate surface area is 109 Å². The summed E-state index contributed by atoms with van der Waals surface area (Å²) in [5.74, 6) is -0.744. The van der Waals surface area contributed by atoms with Crippen molar-refractivity contribution in [3.63, 3.8) is 0 Å². The van der Waals surface area contributed by atoms with Gasteiger partial charge in [-0.2, -0.15) is 0 Å². The lowest BCUT2D eigenvalue weighted by Crippen LogP contribution is -2.13. The summed E-state index contributed by atoms with van der Waals surface area (Å²) in [7, 11) is 0. The molecule has 2 rings (SSSR count). The van der Waals surface area contributed by atoms with E-state index in [9.17, 15) is 9.18 Å². The van der Waals surface area contributed by atoms with E-state index in [0.717, 1.165) is 5.69 Å². The van der Waals surface area contributed by atoms with E-state index < -0.39 is 11.7 Å². The highest BCUT2D eigenvalue weighted by Gasteiger charge is 2.08. The minimum absolute atomic E-state index is 0.135. The molecule has 1 aromatic carbocycles. The van der Waals surface area contributed by atoms with E-state index in [4.69, 9.17) is 5.73 Å². The van der Waals surface area contributed by atoms with Gasteiger partial charge in [0, 0.05) is 11.9 Å². The number of anilines is 1. The Hall–Kier alpha value is -2.50. The molecule has 0 radical (unpaired) electrons. The Kier molecular flexibility index (Phi) is 3.70. The Morgan fingerprint density at radius 3 is 2.89 bits per heavy atom. The highest BCUT2D eigenvalue weighted by molar-refractivity contribution is 5.94. The van der Waals surface area contributed by atoms with Crippen LogP contribution in [-0.2, 0) is 6.54 Å². The fourth-order valence-electron chi connectivity index (χ4n) is 1.62. The largest absolute Gasteiger partial charge is 0.379 e. The Bertz CT molecular complexity index is 615. The van der Waals surface area contributed by atoms with E-state index in [0.29, 0.717) is 18.1 Å². The number of aromatic nitrogens is 2. The molecule has 0 atom stereocenters. The summed E-state index contributed by atoms with van der Waals surface area (Å²) in [6, 6.07) is 5.90. The molecule has 3 N–H and O–H groups in total. The molecule has 0 aliphatic rings. The summed E-state index contributed by atoms with van der Waals surface area (Å²) in [6.45, 7) is 2.25. The summed E-state index contributed by atoms with van der Waals surface area (Å²) < 4.78 is 13.3. The fourth-order valence-corrected chi connectivity index (χ4v) is 1.62. The zero-order valence-corrected chi connectivity index (χ0v) is 10.4. The average Bonchev–Trinajstić information content (AvgIpc) is 2.37. The second-order valence-electron chi connectivity index (χ2n) is 4.01. The Morgan fingerprint density at radius 1 is 1.42 bits per heavy atom.